The van der Waals surface area contributed by atoms with E-state index in [0.29, 0.717) is 6.42 Å². The molecule has 0 aromatic carbocycles. The zero-order valence-corrected chi connectivity index (χ0v) is 7.01. The largest absolute Gasteiger partial charge is 0.396 e. The molecule has 0 radical (unpaired) electrons. The van der Waals surface area contributed by atoms with E-state index in [0.717, 1.165) is 18.4 Å². The molecule has 0 amide bonds. The van der Waals surface area contributed by atoms with Crippen molar-refractivity contribution >= 4 is 0 Å². The molecule has 1 saturated carbocycles. The molecule has 11 heavy (non-hydrogen) atoms. The lowest BCUT2D eigenvalue weighted by Crippen LogP contribution is -2.32. The van der Waals surface area contributed by atoms with Crippen LogP contribution >= 0.6 is 0 Å². The first-order chi connectivity index (χ1) is 5.05. The molecule has 0 aromatic rings. The number of hydrogen-bond donors (Lipinski definition) is 2. The first-order valence-corrected chi connectivity index (χ1v) is 4.06. The average molecular weight is 156 g/mol. The van der Waals surface area contributed by atoms with Crippen LogP contribution in [0, 0.1) is 5.92 Å². The smallest absolute Gasteiger partial charge is 0.0657 e. The maximum atomic E-state index is 9.62. The van der Waals surface area contributed by atoms with Crippen LogP contribution in [0.1, 0.15) is 26.2 Å². The third-order valence-corrected chi connectivity index (χ3v) is 2.44. The topological polar surface area (TPSA) is 40.5 Å². The molecule has 1 aliphatic carbocycles. The van der Waals surface area contributed by atoms with E-state index in [1.165, 1.54) is 0 Å². The summed E-state index contributed by atoms with van der Waals surface area (Å²) in [5.41, 5.74) is 0.409. The monoisotopic (exact) mass is 156 g/mol. The van der Waals surface area contributed by atoms with Crippen molar-refractivity contribution in [3.63, 3.8) is 0 Å². The summed E-state index contributed by atoms with van der Waals surface area (Å²) in [5.74, 6) is 0.218. The molecule has 1 rings (SSSR count). The lowest BCUT2D eigenvalue weighted by atomic mass is 9.77. The highest BCUT2D eigenvalue weighted by molar-refractivity contribution is 5.09. The Morgan fingerprint density at radius 2 is 2.36 bits per heavy atom. The minimum absolute atomic E-state index is 0.176. The van der Waals surface area contributed by atoms with E-state index in [-0.39, 0.29) is 12.5 Å². The molecular formula is C9H16O2. The number of hydrogen-bond acceptors (Lipinski definition) is 2. The van der Waals surface area contributed by atoms with E-state index in [2.05, 4.69) is 6.58 Å². The van der Waals surface area contributed by atoms with E-state index in [1.807, 2.05) is 6.92 Å². The standard InChI is InChI=1S/C9H16O2/c1-7-5-9(2,11)4-3-8(7)6-10/h8,10-11H,1,3-6H2,2H3. The summed E-state index contributed by atoms with van der Waals surface area (Å²) in [6.07, 6.45) is 2.28. The van der Waals surface area contributed by atoms with Crippen LogP contribution in [0.4, 0.5) is 0 Å². The van der Waals surface area contributed by atoms with Crippen LogP contribution in [-0.2, 0) is 0 Å². The third kappa shape index (κ3) is 2.04. The highest BCUT2D eigenvalue weighted by atomic mass is 16.3. The molecule has 1 fully saturated rings. The maximum absolute atomic E-state index is 9.62. The summed E-state index contributed by atoms with van der Waals surface area (Å²) in [6.45, 7) is 5.84. The Bertz CT molecular complexity index is 161. The molecular weight excluding hydrogens is 140 g/mol. The number of aliphatic hydroxyl groups excluding tert-OH is 1. The van der Waals surface area contributed by atoms with Gasteiger partial charge < -0.3 is 10.2 Å². The molecule has 2 nitrogen and oxygen atoms in total. The van der Waals surface area contributed by atoms with Gasteiger partial charge in [-0.15, -0.1) is 0 Å². The molecule has 0 heterocycles. The Morgan fingerprint density at radius 3 is 2.82 bits per heavy atom. The summed E-state index contributed by atoms with van der Waals surface area (Å²) in [4.78, 5) is 0. The van der Waals surface area contributed by atoms with Crippen LogP contribution < -0.4 is 0 Å². The van der Waals surface area contributed by atoms with E-state index in [1.54, 1.807) is 0 Å². The molecule has 2 N–H and O–H groups in total. The Kier molecular flexibility index (Phi) is 2.35. The van der Waals surface area contributed by atoms with E-state index in [9.17, 15) is 5.11 Å². The SMILES string of the molecule is C=C1CC(C)(O)CCC1CO. The average Bonchev–Trinajstić information content (AvgIpc) is 1.86. The van der Waals surface area contributed by atoms with Gasteiger partial charge in [-0.2, -0.15) is 0 Å². The van der Waals surface area contributed by atoms with Crippen LogP contribution in [0.3, 0.4) is 0 Å². The summed E-state index contributed by atoms with van der Waals surface area (Å²) >= 11 is 0. The molecule has 64 valence electrons. The molecule has 0 bridgehead atoms. The van der Waals surface area contributed by atoms with Crippen molar-refractivity contribution in [2.24, 2.45) is 5.92 Å². The number of aliphatic hydroxyl groups is 2. The van der Waals surface area contributed by atoms with Crippen LogP contribution in [0.25, 0.3) is 0 Å². The second kappa shape index (κ2) is 2.95. The van der Waals surface area contributed by atoms with Gasteiger partial charge in [0.2, 0.25) is 0 Å². The van der Waals surface area contributed by atoms with Crippen molar-refractivity contribution in [3.05, 3.63) is 12.2 Å². The van der Waals surface area contributed by atoms with Gasteiger partial charge in [0, 0.05) is 12.5 Å². The zero-order chi connectivity index (χ0) is 8.48. The maximum Gasteiger partial charge on any atom is 0.0657 e. The van der Waals surface area contributed by atoms with E-state index >= 15 is 0 Å². The molecule has 0 spiro atoms. The van der Waals surface area contributed by atoms with Crippen molar-refractivity contribution < 1.29 is 10.2 Å². The van der Waals surface area contributed by atoms with Gasteiger partial charge in [-0.3, -0.25) is 0 Å². The van der Waals surface area contributed by atoms with Crippen molar-refractivity contribution in [2.45, 2.75) is 31.8 Å². The van der Waals surface area contributed by atoms with Crippen LogP contribution in [0.15, 0.2) is 12.2 Å². The Morgan fingerprint density at radius 1 is 1.73 bits per heavy atom. The first kappa shape index (κ1) is 8.75. The zero-order valence-electron chi connectivity index (χ0n) is 7.01. The number of rotatable bonds is 1. The van der Waals surface area contributed by atoms with Crippen molar-refractivity contribution in [2.75, 3.05) is 6.61 Å². The third-order valence-electron chi connectivity index (χ3n) is 2.44. The molecule has 0 aliphatic heterocycles. The minimum Gasteiger partial charge on any atom is -0.396 e. The summed E-state index contributed by atoms with van der Waals surface area (Å²) in [6, 6.07) is 0. The lowest BCUT2D eigenvalue weighted by Gasteiger charge is -2.34. The second-order valence-corrected chi connectivity index (χ2v) is 3.75. The van der Waals surface area contributed by atoms with Crippen LogP contribution in [-0.4, -0.2) is 22.4 Å². The summed E-state index contributed by atoms with van der Waals surface area (Å²) < 4.78 is 0. The molecule has 1 aliphatic rings. The highest BCUT2D eigenvalue weighted by Crippen LogP contribution is 2.34. The van der Waals surface area contributed by atoms with Gasteiger partial charge in [-0.25, -0.2) is 0 Å². The normalized spacial score (nSPS) is 39.2. The highest BCUT2D eigenvalue weighted by Gasteiger charge is 2.30. The van der Waals surface area contributed by atoms with Gasteiger partial charge in [-0.1, -0.05) is 12.2 Å². The van der Waals surface area contributed by atoms with Gasteiger partial charge in [0.25, 0.3) is 0 Å². The van der Waals surface area contributed by atoms with E-state index in [4.69, 9.17) is 5.11 Å². The molecule has 0 aromatic heterocycles. The molecule has 2 heteroatoms. The van der Waals surface area contributed by atoms with E-state index < -0.39 is 5.60 Å². The van der Waals surface area contributed by atoms with Gasteiger partial charge in [0.1, 0.15) is 0 Å². The predicted molar refractivity (Wildman–Crippen MR) is 44.2 cm³/mol. The molecule has 2 unspecified atom stereocenters. The predicted octanol–water partition coefficient (Wildman–Crippen LogP) is 1.09. The van der Waals surface area contributed by atoms with Gasteiger partial charge in [0.15, 0.2) is 0 Å². The first-order valence-electron chi connectivity index (χ1n) is 4.06. The van der Waals surface area contributed by atoms with Gasteiger partial charge in [0.05, 0.1) is 5.60 Å². The Hall–Kier alpha value is -0.340. The second-order valence-electron chi connectivity index (χ2n) is 3.75. The summed E-state index contributed by atoms with van der Waals surface area (Å²) in [7, 11) is 0. The van der Waals surface area contributed by atoms with Crippen molar-refractivity contribution in [1.82, 2.24) is 0 Å². The fourth-order valence-corrected chi connectivity index (χ4v) is 1.63. The Balaban J connectivity index is 2.55. The molecule has 0 saturated heterocycles. The molecule has 2 atom stereocenters. The fourth-order valence-electron chi connectivity index (χ4n) is 1.63. The lowest BCUT2D eigenvalue weighted by molar-refractivity contribution is 0.0234. The van der Waals surface area contributed by atoms with Crippen molar-refractivity contribution in [3.8, 4) is 0 Å². The summed E-state index contributed by atoms with van der Waals surface area (Å²) in [5, 5.41) is 18.5. The van der Waals surface area contributed by atoms with Gasteiger partial charge in [-0.05, 0) is 26.2 Å². The van der Waals surface area contributed by atoms with Crippen LogP contribution in [0.2, 0.25) is 0 Å². The van der Waals surface area contributed by atoms with Crippen molar-refractivity contribution in [1.29, 1.82) is 0 Å². The minimum atomic E-state index is -0.581. The Labute approximate surface area is 67.6 Å². The van der Waals surface area contributed by atoms with Gasteiger partial charge >= 0.3 is 0 Å². The quantitative estimate of drug-likeness (QED) is 0.558. The van der Waals surface area contributed by atoms with Crippen LogP contribution in [0.5, 0.6) is 0 Å². The fraction of sp³-hybridized carbons (Fsp3) is 0.778.